The fraction of sp³-hybridized carbons (Fsp3) is 0.294. The standard InChI is InChI=1S/C17H17F2N5O2/c18-16(19)13-4-7-20-14(23-13)5-8-21-17(26)22-11-2-1-3-12(10-11)24-9-6-15(24)25/h1-4,7,10,16H,5-6,8-9H2,(H2,21,22,26). The lowest BCUT2D eigenvalue weighted by Gasteiger charge is -2.30. The molecule has 136 valence electrons. The van der Waals surface area contributed by atoms with Crippen LogP contribution in [-0.4, -0.2) is 35.0 Å². The molecule has 2 aromatic rings. The molecule has 1 fully saturated rings. The van der Waals surface area contributed by atoms with Gasteiger partial charge in [-0.15, -0.1) is 0 Å². The van der Waals surface area contributed by atoms with Crippen LogP contribution in [0.2, 0.25) is 0 Å². The number of benzene rings is 1. The predicted molar refractivity (Wildman–Crippen MR) is 91.1 cm³/mol. The summed E-state index contributed by atoms with van der Waals surface area (Å²) in [4.78, 5) is 32.7. The maximum absolute atomic E-state index is 12.6. The van der Waals surface area contributed by atoms with Crippen molar-refractivity contribution >= 4 is 23.3 Å². The summed E-state index contributed by atoms with van der Waals surface area (Å²) in [5.41, 5.74) is 0.948. The van der Waals surface area contributed by atoms with Gasteiger partial charge in [0.1, 0.15) is 11.5 Å². The highest BCUT2D eigenvalue weighted by molar-refractivity contribution is 6.00. The van der Waals surface area contributed by atoms with E-state index in [0.717, 1.165) is 11.8 Å². The molecular formula is C17H17F2N5O2. The zero-order chi connectivity index (χ0) is 18.5. The third-order valence-electron chi connectivity index (χ3n) is 3.85. The lowest BCUT2D eigenvalue weighted by molar-refractivity contribution is -0.122. The minimum atomic E-state index is -2.65. The number of nitrogens with zero attached hydrogens (tertiary/aromatic N) is 3. The number of hydrogen-bond donors (Lipinski definition) is 2. The molecule has 1 aromatic carbocycles. The van der Waals surface area contributed by atoms with Crippen molar-refractivity contribution in [1.29, 1.82) is 0 Å². The molecule has 3 amide bonds. The van der Waals surface area contributed by atoms with E-state index in [1.54, 1.807) is 29.2 Å². The van der Waals surface area contributed by atoms with E-state index >= 15 is 0 Å². The van der Waals surface area contributed by atoms with E-state index in [9.17, 15) is 18.4 Å². The maximum Gasteiger partial charge on any atom is 0.319 e. The number of hydrogen-bond acceptors (Lipinski definition) is 4. The van der Waals surface area contributed by atoms with Crippen LogP contribution in [0.5, 0.6) is 0 Å². The Balaban J connectivity index is 1.49. The second kappa shape index (κ2) is 7.85. The number of β-lactam (4-membered cyclic amide) rings is 1. The Morgan fingerprint density at radius 1 is 1.31 bits per heavy atom. The Hall–Kier alpha value is -3.10. The molecule has 0 atom stereocenters. The average molecular weight is 361 g/mol. The van der Waals surface area contributed by atoms with Crippen LogP contribution in [-0.2, 0) is 11.2 Å². The average Bonchev–Trinajstić information content (AvgIpc) is 2.61. The van der Waals surface area contributed by atoms with Crippen molar-refractivity contribution in [1.82, 2.24) is 15.3 Å². The number of halogens is 2. The lowest BCUT2D eigenvalue weighted by atomic mass is 10.1. The van der Waals surface area contributed by atoms with Crippen LogP contribution in [0.25, 0.3) is 0 Å². The van der Waals surface area contributed by atoms with Crippen LogP contribution in [0.1, 0.15) is 24.4 Å². The summed E-state index contributed by atoms with van der Waals surface area (Å²) in [5, 5.41) is 5.28. The van der Waals surface area contributed by atoms with Crippen molar-refractivity contribution in [2.24, 2.45) is 0 Å². The van der Waals surface area contributed by atoms with Gasteiger partial charge in [0.15, 0.2) is 0 Å². The van der Waals surface area contributed by atoms with Gasteiger partial charge in [-0.05, 0) is 24.3 Å². The van der Waals surface area contributed by atoms with E-state index in [1.807, 2.05) is 0 Å². The minimum absolute atomic E-state index is 0.0534. The molecular weight excluding hydrogens is 344 g/mol. The Morgan fingerprint density at radius 3 is 2.85 bits per heavy atom. The number of aromatic nitrogens is 2. The normalized spacial score (nSPS) is 13.5. The Labute approximate surface area is 148 Å². The third kappa shape index (κ3) is 4.29. The summed E-state index contributed by atoms with van der Waals surface area (Å²) in [7, 11) is 0. The van der Waals surface area contributed by atoms with Crippen LogP contribution in [0.3, 0.4) is 0 Å². The molecule has 0 aliphatic carbocycles. The lowest BCUT2D eigenvalue weighted by Crippen LogP contribution is -2.43. The van der Waals surface area contributed by atoms with Gasteiger partial charge in [0, 0.05) is 43.5 Å². The van der Waals surface area contributed by atoms with E-state index in [2.05, 4.69) is 20.6 Å². The van der Waals surface area contributed by atoms with Gasteiger partial charge in [-0.2, -0.15) is 0 Å². The van der Waals surface area contributed by atoms with E-state index in [0.29, 0.717) is 18.7 Å². The molecule has 9 heteroatoms. The molecule has 7 nitrogen and oxygen atoms in total. The second-order valence-electron chi connectivity index (χ2n) is 5.68. The molecule has 3 rings (SSSR count). The van der Waals surface area contributed by atoms with Gasteiger partial charge >= 0.3 is 6.03 Å². The number of anilines is 2. The van der Waals surface area contributed by atoms with E-state index in [-0.39, 0.29) is 30.4 Å². The summed E-state index contributed by atoms with van der Waals surface area (Å²) < 4.78 is 25.2. The summed E-state index contributed by atoms with van der Waals surface area (Å²) in [5.74, 6) is 0.291. The van der Waals surface area contributed by atoms with Crippen molar-refractivity contribution in [2.45, 2.75) is 19.3 Å². The van der Waals surface area contributed by atoms with Crippen molar-refractivity contribution in [3.63, 3.8) is 0 Å². The quantitative estimate of drug-likeness (QED) is 0.774. The smallest absolute Gasteiger partial charge is 0.319 e. The first kappa shape index (κ1) is 17.7. The van der Waals surface area contributed by atoms with Gasteiger partial charge < -0.3 is 15.5 Å². The van der Waals surface area contributed by atoms with Gasteiger partial charge in [0.2, 0.25) is 5.91 Å². The van der Waals surface area contributed by atoms with Gasteiger partial charge in [-0.25, -0.2) is 23.5 Å². The van der Waals surface area contributed by atoms with Crippen LogP contribution in [0, 0.1) is 0 Å². The summed E-state index contributed by atoms with van der Waals surface area (Å²) in [6, 6.07) is 7.69. The fourth-order valence-corrected chi connectivity index (χ4v) is 2.46. The SMILES string of the molecule is O=C(NCCc1nccc(C(F)F)n1)Nc1cccc(N2CCC2=O)c1. The fourth-order valence-electron chi connectivity index (χ4n) is 2.46. The van der Waals surface area contributed by atoms with Gasteiger partial charge in [0.25, 0.3) is 6.43 Å². The highest BCUT2D eigenvalue weighted by atomic mass is 19.3. The predicted octanol–water partition coefficient (Wildman–Crippen LogP) is 2.52. The topological polar surface area (TPSA) is 87.2 Å². The summed E-state index contributed by atoms with van der Waals surface area (Å²) in [6.07, 6.45) is -0.617. The first-order valence-corrected chi connectivity index (χ1v) is 8.08. The zero-order valence-corrected chi connectivity index (χ0v) is 13.8. The van der Waals surface area contributed by atoms with Crippen molar-refractivity contribution in [2.75, 3.05) is 23.3 Å². The zero-order valence-electron chi connectivity index (χ0n) is 13.8. The maximum atomic E-state index is 12.6. The first-order valence-electron chi connectivity index (χ1n) is 8.08. The number of nitrogens with one attached hydrogen (secondary N) is 2. The number of urea groups is 1. The molecule has 1 aliphatic heterocycles. The molecule has 0 bridgehead atoms. The minimum Gasteiger partial charge on any atom is -0.337 e. The van der Waals surface area contributed by atoms with Gasteiger partial charge in [-0.1, -0.05) is 6.07 Å². The number of carbonyl (C=O) groups is 2. The number of rotatable bonds is 6. The number of carbonyl (C=O) groups excluding carboxylic acids is 2. The highest BCUT2D eigenvalue weighted by Crippen LogP contribution is 2.24. The molecule has 1 aromatic heterocycles. The van der Waals surface area contributed by atoms with Crippen molar-refractivity contribution < 1.29 is 18.4 Å². The van der Waals surface area contributed by atoms with Crippen LogP contribution < -0.4 is 15.5 Å². The molecule has 0 unspecified atom stereocenters. The summed E-state index contributed by atoms with van der Waals surface area (Å²) in [6.45, 7) is 0.870. The van der Waals surface area contributed by atoms with Gasteiger partial charge in [0.05, 0.1) is 0 Å². The molecule has 2 N–H and O–H groups in total. The molecule has 26 heavy (non-hydrogen) atoms. The third-order valence-corrected chi connectivity index (χ3v) is 3.85. The Kier molecular flexibility index (Phi) is 5.35. The summed E-state index contributed by atoms with van der Waals surface area (Å²) >= 11 is 0. The first-order chi connectivity index (χ1) is 12.5. The van der Waals surface area contributed by atoms with Crippen molar-refractivity contribution in [3.05, 3.63) is 48.0 Å². The van der Waals surface area contributed by atoms with Crippen LogP contribution >= 0.6 is 0 Å². The van der Waals surface area contributed by atoms with Crippen molar-refractivity contribution in [3.8, 4) is 0 Å². The molecule has 1 saturated heterocycles. The molecule has 2 heterocycles. The molecule has 0 radical (unpaired) electrons. The largest absolute Gasteiger partial charge is 0.337 e. The van der Waals surface area contributed by atoms with E-state index < -0.39 is 12.5 Å². The van der Waals surface area contributed by atoms with E-state index in [1.165, 1.54) is 6.20 Å². The van der Waals surface area contributed by atoms with Gasteiger partial charge in [-0.3, -0.25) is 4.79 Å². The highest BCUT2D eigenvalue weighted by Gasteiger charge is 2.25. The molecule has 1 aliphatic rings. The number of alkyl halides is 2. The number of amides is 3. The van der Waals surface area contributed by atoms with E-state index in [4.69, 9.17) is 0 Å². The van der Waals surface area contributed by atoms with Crippen LogP contribution in [0.15, 0.2) is 36.5 Å². The molecule has 0 spiro atoms. The Bertz CT molecular complexity index is 815. The molecule has 0 saturated carbocycles. The Morgan fingerprint density at radius 2 is 2.15 bits per heavy atom. The monoisotopic (exact) mass is 361 g/mol. The van der Waals surface area contributed by atoms with Crippen LogP contribution in [0.4, 0.5) is 25.0 Å². The second-order valence-corrected chi connectivity index (χ2v) is 5.68.